The van der Waals surface area contributed by atoms with Crippen LogP contribution >= 0.6 is 0 Å². The number of nitrogens with one attached hydrogen (secondary N) is 1. The molecule has 0 spiro atoms. The molecule has 0 aliphatic heterocycles. The number of carbonyl (C=O) groups excluding carboxylic acids is 1. The van der Waals surface area contributed by atoms with Gasteiger partial charge in [0.2, 0.25) is 0 Å². The van der Waals surface area contributed by atoms with Gasteiger partial charge in [-0.1, -0.05) is 6.92 Å². The maximum Gasteiger partial charge on any atom is 0.318 e. The van der Waals surface area contributed by atoms with E-state index < -0.39 is 11.5 Å². The summed E-state index contributed by atoms with van der Waals surface area (Å²) in [6, 6.07) is -0.0628. The van der Waals surface area contributed by atoms with Gasteiger partial charge >= 0.3 is 12.0 Å². The number of nitrogens with zero attached hydrogens (tertiary/aromatic N) is 1. The number of urea groups is 1. The van der Waals surface area contributed by atoms with Crippen molar-refractivity contribution < 1.29 is 19.4 Å². The summed E-state index contributed by atoms with van der Waals surface area (Å²) in [7, 11) is 1.60. The molecule has 0 aromatic rings. The number of rotatable bonds is 9. The number of hydrogen-bond acceptors (Lipinski definition) is 3. The minimum absolute atomic E-state index is 0.0364. The van der Waals surface area contributed by atoms with Crippen molar-refractivity contribution in [2.24, 2.45) is 0 Å². The molecule has 0 aromatic carbocycles. The van der Waals surface area contributed by atoms with E-state index in [9.17, 15) is 9.59 Å². The number of carboxylic acid groups (broad SMARTS) is 1. The summed E-state index contributed by atoms with van der Waals surface area (Å²) in [6.45, 7) is 8.67. The second-order valence-corrected chi connectivity index (χ2v) is 5.65. The van der Waals surface area contributed by atoms with E-state index in [4.69, 9.17) is 9.84 Å². The van der Waals surface area contributed by atoms with Crippen molar-refractivity contribution in [2.45, 2.75) is 58.5 Å². The van der Waals surface area contributed by atoms with E-state index in [2.05, 4.69) is 5.32 Å². The Balaban J connectivity index is 4.60. The molecule has 2 N–H and O–H groups in total. The average molecular weight is 288 g/mol. The molecule has 0 saturated heterocycles. The summed E-state index contributed by atoms with van der Waals surface area (Å²) in [5, 5.41) is 11.6. The van der Waals surface area contributed by atoms with E-state index in [-0.39, 0.29) is 18.5 Å². The van der Waals surface area contributed by atoms with Crippen molar-refractivity contribution >= 4 is 12.0 Å². The van der Waals surface area contributed by atoms with Gasteiger partial charge in [-0.25, -0.2) is 4.79 Å². The molecule has 0 heterocycles. The molecule has 1 atom stereocenters. The summed E-state index contributed by atoms with van der Waals surface area (Å²) < 4.78 is 5.03. The molecule has 2 amide bonds. The van der Waals surface area contributed by atoms with E-state index in [0.717, 1.165) is 6.42 Å². The van der Waals surface area contributed by atoms with Gasteiger partial charge in [0.05, 0.1) is 6.61 Å². The Morgan fingerprint density at radius 1 is 1.40 bits per heavy atom. The number of carbonyl (C=O) groups is 2. The number of amides is 2. The van der Waals surface area contributed by atoms with Crippen LogP contribution in [0.3, 0.4) is 0 Å². The highest BCUT2D eigenvalue weighted by molar-refractivity contribution is 5.75. The van der Waals surface area contributed by atoms with Crippen LogP contribution in [0.5, 0.6) is 0 Å². The minimum Gasteiger partial charge on any atom is -0.481 e. The molecule has 20 heavy (non-hydrogen) atoms. The van der Waals surface area contributed by atoms with E-state index in [0.29, 0.717) is 19.6 Å². The molecule has 0 aliphatic carbocycles. The monoisotopic (exact) mass is 288 g/mol. The molecule has 0 aromatic heterocycles. The van der Waals surface area contributed by atoms with E-state index in [1.807, 2.05) is 27.7 Å². The van der Waals surface area contributed by atoms with Crippen LogP contribution in [0, 0.1) is 0 Å². The van der Waals surface area contributed by atoms with Gasteiger partial charge in [0, 0.05) is 31.7 Å². The van der Waals surface area contributed by atoms with E-state index in [1.165, 1.54) is 0 Å². The van der Waals surface area contributed by atoms with Crippen molar-refractivity contribution in [3.63, 3.8) is 0 Å². The highest BCUT2D eigenvalue weighted by Crippen LogP contribution is 2.13. The van der Waals surface area contributed by atoms with Gasteiger partial charge in [0.15, 0.2) is 0 Å². The Kier molecular flexibility index (Phi) is 8.22. The van der Waals surface area contributed by atoms with Gasteiger partial charge in [0.25, 0.3) is 0 Å². The van der Waals surface area contributed by atoms with Crippen molar-refractivity contribution in [1.82, 2.24) is 10.2 Å². The third kappa shape index (κ3) is 7.33. The van der Waals surface area contributed by atoms with Crippen LogP contribution < -0.4 is 5.32 Å². The van der Waals surface area contributed by atoms with Crippen LogP contribution in [-0.2, 0) is 9.53 Å². The molecule has 0 fully saturated rings. The first-order valence-electron chi connectivity index (χ1n) is 7.03. The Morgan fingerprint density at radius 3 is 2.45 bits per heavy atom. The van der Waals surface area contributed by atoms with Gasteiger partial charge in [0.1, 0.15) is 0 Å². The summed E-state index contributed by atoms with van der Waals surface area (Å²) in [5.74, 6) is -0.856. The van der Waals surface area contributed by atoms with Gasteiger partial charge in [-0.2, -0.15) is 0 Å². The van der Waals surface area contributed by atoms with E-state index >= 15 is 0 Å². The van der Waals surface area contributed by atoms with Crippen LogP contribution in [0.2, 0.25) is 0 Å². The van der Waals surface area contributed by atoms with Gasteiger partial charge in [-0.15, -0.1) is 0 Å². The van der Waals surface area contributed by atoms with Crippen LogP contribution in [0.15, 0.2) is 0 Å². The largest absolute Gasteiger partial charge is 0.481 e. The molecular weight excluding hydrogens is 260 g/mol. The fraction of sp³-hybridized carbons (Fsp3) is 0.857. The van der Waals surface area contributed by atoms with Crippen molar-refractivity contribution in [3.05, 3.63) is 0 Å². The fourth-order valence-electron chi connectivity index (χ4n) is 1.78. The molecule has 118 valence electrons. The smallest absolute Gasteiger partial charge is 0.318 e. The first-order valence-corrected chi connectivity index (χ1v) is 7.03. The predicted octanol–water partition coefficient (Wildman–Crippen LogP) is 2.09. The lowest BCUT2D eigenvalue weighted by molar-refractivity contribution is -0.137. The molecule has 0 aliphatic rings. The van der Waals surface area contributed by atoms with Crippen molar-refractivity contribution in [1.29, 1.82) is 0 Å². The zero-order valence-corrected chi connectivity index (χ0v) is 13.2. The van der Waals surface area contributed by atoms with E-state index in [1.54, 1.807) is 12.0 Å². The lowest BCUT2D eigenvalue weighted by Crippen LogP contribution is -2.53. The number of hydrogen-bond donors (Lipinski definition) is 2. The zero-order valence-electron chi connectivity index (χ0n) is 13.2. The molecule has 0 radical (unpaired) electrons. The lowest BCUT2D eigenvalue weighted by atomic mass is 9.98. The van der Waals surface area contributed by atoms with Crippen LogP contribution in [0.25, 0.3) is 0 Å². The number of ether oxygens (including phenoxy) is 1. The first-order chi connectivity index (χ1) is 9.23. The summed E-state index contributed by atoms with van der Waals surface area (Å²) in [6.07, 6.45) is 1.29. The standard InChI is InChI=1S/C14H28N2O4/c1-6-11(2)16(9-10-20-5)13(19)15-14(3,4)8-7-12(17)18/h11H,6-10H2,1-5H3,(H,15,19)(H,17,18). The SMILES string of the molecule is CCC(C)N(CCOC)C(=O)NC(C)(C)CCC(=O)O. The molecule has 1 unspecified atom stereocenters. The summed E-state index contributed by atoms with van der Waals surface area (Å²) in [4.78, 5) is 24.7. The topological polar surface area (TPSA) is 78.9 Å². The Labute approximate surface area is 121 Å². The van der Waals surface area contributed by atoms with Crippen LogP contribution in [0.4, 0.5) is 4.79 Å². The van der Waals surface area contributed by atoms with Crippen LogP contribution in [0.1, 0.15) is 47.0 Å². The molecule has 6 heteroatoms. The second-order valence-electron chi connectivity index (χ2n) is 5.65. The average Bonchev–Trinajstić information content (AvgIpc) is 2.36. The maximum absolute atomic E-state index is 12.3. The quantitative estimate of drug-likeness (QED) is 0.681. The van der Waals surface area contributed by atoms with Crippen molar-refractivity contribution in [2.75, 3.05) is 20.3 Å². The highest BCUT2D eigenvalue weighted by Gasteiger charge is 2.26. The van der Waals surface area contributed by atoms with Crippen molar-refractivity contribution in [3.8, 4) is 0 Å². The summed E-state index contributed by atoms with van der Waals surface area (Å²) >= 11 is 0. The number of aliphatic carboxylic acids is 1. The first kappa shape index (κ1) is 18.7. The summed E-state index contributed by atoms with van der Waals surface area (Å²) in [5.41, 5.74) is -0.547. The molecule has 0 saturated carbocycles. The van der Waals surface area contributed by atoms with Gasteiger partial charge in [-0.3, -0.25) is 4.79 Å². The highest BCUT2D eigenvalue weighted by atomic mass is 16.5. The minimum atomic E-state index is -0.856. The zero-order chi connectivity index (χ0) is 15.8. The number of methoxy groups -OCH3 is 1. The Morgan fingerprint density at radius 2 is 2.00 bits per heavy atom. The fourth-order valence-corrected chi connectivity index (χ4v) is 1.78. The predicted molar refractivity (Wildman–Crippen MR) is 77.8 cm³/mol. The Hall–Kier alpha value is -1.30. The van der Waals surface area contributed by atoms with Gasteiger partial charge < -0.3 is 20.1 Å². The number of carboxylic acids is 1. The lowest BCUT2D eigenvalue weighted by Gasteiger charge is -2.33. The normalized spacial score (nSPS) is 12.8. The molecule has 6 nitrogen and oxygen atoms in total. The maximum atomic E-state index is 12.3. The second kappa shape index (κ2) is 8.79. The molecular formula is C14H28N2O4. The third-order valence-electron chi connectivity index (χ3n) is 3.33. The molecule has 0 rings (SSSR count). The molecule has 0 bridgehead atoms. The Bertz CT molecular complexity index is 318. The third-order valence-corrected chi connectivity index (χ3v) is 3.33. The van der Waals surface area contributed by atoms with Gasteiger partial charge in [-0.05, 0) is 33.6 Å². The van der Waals surface area contributed by atoms with Crippen LogP contribution in [-0.4, -0.2) is 53.8 Å².